The molecule has 0 saturated carbocycles. The summed E-state index contributed by atoms with van der Waals surface area (Å²) in [5.41, 5.74) is 5.82. The molecule has 30 heavy (non-hydrogen) atoms. The number of aromatic amines is 1. The quantitative estimate of drug-likeness (QED) is 0.535. The first-order valence-corrected chi connectivity index (χ1v) is 8.34. The van der Waals surface area contributed by atoms with Crippen LogP contribution in [-0.2, 0) is 0 Å². The Hall–Kier alpha value is -3.34. The fraction of sp³-hybridized carbons (Fsp3) is 0.100. The molecular weight excluding hydrogens is 391 g/mol. The van der Waals surface area contributed by atoms with Gasteiger partial charge in [0.05, 0.1) is 17.1 Å². The number of nitrogens with zero attached hydrogens (tertiary/aromatic N) is 7. The van der Waals surface area contributed by atoms with Crippen LogP contribution in [0.3, 0.4) is 0 Å². The zero-order valence-electron chi connectivity index (χ0n) is 16.8. The van der Waals surface area contributed by atoms with Crippen LogP contribution >= 0.6 is 0 Å². The number of aryl methyl sites for hydroxylation is 1. The Labute approximate surface area is 196 Å². The molecule has 9 nitrogen and oxygen atoms in total. The van der Waals surface area contributed by atoms with E-state index in [2.05, 4.69) is 25.4 Å². The van der Waals surface area contributed by atoms with Gasteiger partial charge in [-0.15, -0.1) is 0 Å². The fourth-order valence-electron chi connectivity index (χ4n) is 2.34. The van der Waals surface area contributed by atoms with Gasteiger partial charge in [0.25, 0.3) is 0 Å². The van der Waals surface area contributed by atoms with E-state index in [1.807, 2.05) is 38.1 Å². The van der Waals surface area contributed by atoms with E-state index in [0.717, 1.165) is 39.0 Å². The summed E-state index contributed by atoms with van der Waals surface area (Å²) < 4.78 is 0. The largest absolute Gasteiger partial charge is 1.00 e. The van der Waals surface area contributed by atoms with Gasteiger partial charge in [-0.25, -0.2) is 10.0 Å². The van der Waals surface area contributed by atoms with Crippen LogP contribution < -0.4 is 29.6 Å². The van der Waals surface area contributed by atoms with E-state index >= 15 is 0 Å². The summed E-state index contributed by atoms with van der Waals surface area (Å²) in [6.07, 6.45) is 10.2. The summed E-state index contributed by atoms with van der Waals surface area (Å²) in [7, 11) is 0. The van der Waals surface area contributed by atoms with Gasteiger partial charge in [0, 0.05) is 35.4 Å². The molecular formula is C20H17N8NaO. The number of azo groups is 1. The summed E-state index contributed by atoms with van der Waals surface area (Å²) in [5.74, 6) is 0. The summed E-state index contributed by atoms with van der Waals surface area (Å²) in [5, 5.41) is 39.7. The van der Waals surface area contributed by atoms with E-state index in [9.17, 15) is 0 Å². The van der Waals surface area contributed by atoms with E-state index in [1.165, 1.54) is 0 Å². The van der Waals surface area contributed by atoms with Crippen molar-refractivity contribution in [3.8, 4) is 17.3 Å². The number of H-pyrrole nitrogens is 1. The van der Waals surface area contributed by atoms with E-state index in [1.54, 1.807) is 36.8 Å². The van der Waals surface area contributed by atoms with Gasteiger partial charge >= 0.3 is 29.6 Å². The molecule has 2 aromatic rings. The number of allylic oxidation sites excluding steroid dienone is 5. The standard InChI is InChI=1S/C10H8N4.C9H9N3O.CN.Na/c1-7-4-10(14-13-7)8-2-3-12-9(5-8)6-11;1-7-6-9(11-10-7)8-2-4-12(13)5-3-8;1-2;/h2-5H,1H3,(H,13,14);2-6,13H,1H3;;/q;;-1;+1. The molecule has 10 heteroatoms. The maximum Gasteiger partial charge on any atom is 1.00 e. The van der Waals surface area contributed by atoms with Crippen molar-refractivity contribution < 1.29 is 34.8 Å². The molecule has 4 rings (SSSR count). The maximum atomic E-state index is 8.99. The fourth-order valence-corrected chi connectivity index (χ4v) is 2.34. The number of aromatic nitrogens is 3. The SMILES string of the molecule is CC1=CC(=C2C=CN(O)C=C2)N=N1.Cc1cc(-c2ccnc(C#N)c2)n[nH]1.[C-]#N.[Na+]. The molecule has 0 aliphatic carbocycles. The topological polar surface area (TPSA) is 137 Å². The van der Waals surface area contributed by atoms with Crippen LogP contribution in [0.2, 0.25) is 0 Å². The number of hydrogen-bond acceptors (Lipinski definition) is 8. The zero-order valence-corrected chi connectivity index (χ0v) is 18.8. The Bertz CT molecular complexity index is 1070. The molecule has 2 N–H and O–H groups in total. The smallest absolute Gasteiger partial charge is 0.512 e. The number of hydroxylamine groups is 2. The molecule has 2 aliphatic rings. The van der Waals surface area contributed by atoms with Crippen LogP contribution in [0, 0.1) is 30.1 Å². The molecule has 0 atom stereocenters. The van der Waals surface area contributed by atoms with Crippen LogP contribution in [0.5, 0.6) is 0 Å². The number of pyridine rings is 1. The van der Waals surface area contributed by atoms with E-state index in [-0.39, 0.29) is 29.6 Å². The third-order valence-corrected chi connectivity index (χ3v) is 3.65. The summed E-state index contributed by atoms with van der Waals surface area (Å²) in [4.78, 5) is 3.89. The minimum absolute atomic E-state index is 0. The number of hydrogen-bond donors (Lipinski definition) is 2. The normalized spacial score (nSPS) is 13.3. The molecule has 0 saturated heterocycles. The molecule has 0 bridgehead atoms. The summed E-state index contributed by atoms with van der Waals surface area (Å²) in [6.45, 7) is 8.58. The molecule has 0 radical (unpaired) electrons. The van der Waals surface area contributed by atoms with E-state index in [0.29, 0.717) is 5.69 Å². The number of nitriles is 1. The third kappa shape index (κ3) is 6.92. The second-order valence-corrected chi connectivity index (χ2v) is 5.82. The second-order valence-electron chi connectivity index (χ2n) is 5.82. The van der Waals surface area contributed by atoms with Crippen molar-refractivity contribution in [1.82, 2.24) is 20.2 Å². The monoisotopic (exact) mass is 408 g/mol. The van der Waals surface area contributed by atoms with Crippen molar-refractivity contribution in [3.05, 3.63) is 90.0 Å². The first-order valence-electron chi connectivity index (χ1n) is 8.34. The molecule has 0 amide bonds. The predicted octanol–water partition coefficient (Wildman–Crippen LogP) is 1.09. The second kappa shape index (κ2) is 12.3. The van der Waals surface area contributed by atoms with E-state index in [4.69, 9.17) is 22.3 Å². The van der Waals surface area contributed by atoms with Crippen LogP contribution in [0.4, 0.5) is 0 Å². The average Bonchev–Trinajstić information content (AvgIpc) is 3.39. The summed E-state index contributed by atoms with van der Waals surface area (Å²) >= 11 is 0. The Morgan fingerprint density at radius 2 is 1.83 bits per heavy atom. The van der Waals surface area contributed by atoms with Gasteiger partial charge in [0.15, 0.2) is 0 Å². The van der Waals surface area contributed by atoms with Crippen LogP contribution in [0.1, 0.15) is 18.3 Å². The molecule has 144 valence electrons. The van der Waals surface area contributed by atoms with Crippen LogP contribution in [0.15, 0.2) is 82.2 Å². The van der Waals surface area contributed by atoms with Gasteiger partial charge in [-0.2, -0.15) is 20.6 Å². The van der Waals surface area contributed by atoms with Crippen LogP contribution in [-0.4, -0.2) is 25.5 Å². The Kier molecular flexibility index (Phi) is 10.1. The third-order valence-electron chi connectivity index (χ3n) is 3.65. The number of nitrogens with one attached hydrogen (secondary N) is 1. The Balaban J connectivity index is 0.000000270. The molecule has 0 unspecified atom stereocenters. The molecule has 0 aromatic carbocycles. The van der Waals surface area contributed by atoms with Gasteiger partial charge in [0.2, 0.25) is 0 Å². The van der Waals surface area contributed by atoms with Crippen molar-refractivity contribution in [3.63, 3.8) is 0 Å². The minimum Gasteiger partial charge on any atom is -0.512 e. The van der Waals surface area contributed by atoms with Gasteiger partial charge in [0.1, 0.15) is 11.8 Å². The van der Waals surface area contributed by atoms with Crippen molar-refractivity contribution in [2.45, 2.75) is 13.8 Å². The Morgan fingerprint density at radius 3 is 2.37 bits per heavy atom. The maximum absolute atomic E-state index is 8.99. The summed E-state index contributed by atoms with van der Waals surface area (Å²) in [6, 6.07) is 7.47. The van der Waals surface area contributed by atoms with Gasteiger partial charge in [-0.3, -0.25) is 10.3 Å². The Morgan fingerprint density at radius 1 is 1.13 bits per heavy atom. The van der Waals surface area contributed by atoms with Crippen molar-refractivity contribution in [1.29, 1.82) is 10.5 Å². The van der Waals surface area contributed by atoms with Gasteiger partial charge in [-0.05, 0) is 50.3 Å². The van der Waals surface area contributed by atoms with Crippen molar-refractivity contribution in [2.75, 3.05) is 0 Å². The van der Waals surface area contributed by atoms with Gasteiger partial charge < -0.3 is 11.8 Å². The van der Waals surface area contributed by atoms with Crippen LogP contribution in [0.25, 0.3) is 11.3 Å². The minimum atomic E-state index is 0. The molecule has 0 fully saturated rings. The van der Waals surface area contributed by atoms with Crippen molar-refractivity contribution in [2.24, 2.45) is 10.2 Å². The first kappa shape index (κ1) is 24.7. The molecule has 2 aliphatic heterocycles. The van der Waals surface area contributed by atoms with Gasteiger partial charge in [-0.1, -0.05) is 0 Å². The molecule has 0 spiro atoms. The van der Waals surface area contributed by atoms with Crippen molar-refractivity contribution >= 4 is 0 Å². The molecule has 4 heterocycles. The zero-order chi connectivity index (χ0) is 21.2. The average molecular weight is 408 g/mol. The predicted molar refractivity (Wildman–Crippen MR) is 104 cm³/mol. The first-order chi connectivity index (χ1) is 14.0. The van der Waals surface area contributed by atoms with E-state index < -0.39 is 0 Å². The number of rotatable bonds is 1. The molecule has 2 aromatic heterocycles.